The zero-order chi connectivity index (χ0) is 13.0. The van der Waals surface area contributed by atoms with Crippen LogP contribution in [0, 0.1) is 11.2 Å². The third-order valence-electron chi connectivity index (χ3n) is 4.08. The third-order valence-corrected chi connectivity index (χ3v) is 4.08. The molecule has 1 fully saturated rings. The summed E-state index contributed by atoms with van der Waals surface area (Å²) in [6, 6.07) is 6.44. The maximum atomic E-state index is 12.7. The molecule has 98 valence electrons. The van der Waals surface area contributed by atoms with E-state index in [0.29, 0.717) is 6.54 Å². The lowest BCUT2D eigenvalue weighted by molar-refractivity contribution is -0.136. The summed E-state index contributed by atoms with van der Waals surface area (Å²) in [7, 11) is 0. The quantitative estimate of drug-likeness (QED) is 0.853. The fourth-order valence-electron chi connectivity index (χ4n) is 2.50. The second-order valence-corrected chi connectivity index (χ2v) is 5.12. The first kappa shape index (κ1) is 13.1. The fourth-order valence-corrected chi connectivity index (χ4v) is 2.50. The summed E-state index contributed by atoms with van der Waals surface area (Å²) < 4.78 is 12.7. The summed E-state index contributed by atoms with van der Waals surface area (Å²) in [5.74, 6) is -0.0273. The van der Waals surface area contributed by atoms with Gasteiger partial charge >= 0.3 is 0 Å². The van der Waals surface area contributed by atoms with E-state index in [9.17, 15) is 9.18 Å². The highest BCUT2D eigenvalue weighted by Gasteiger charge is 2.41. The average molecular weight is 249 g/mol. The summed E-state index contributed by atoms with van der Waals surface area (Å²) in [6.07, 6.45) is 4.89. The van der Waals surface area contributed by atoms with Gasteiger partial charge < -0.3 is 5.32 Å². The van der Waals surface area contributed by atoms with Gasteiger partial charge in [0.05, 0.1) is 0 Å². The molecule has 0 saturated heterocycles. The Hall–Kier alpha value is -1.38. The zero-order valence-corrected chi connectivity index (χ0v) is 10.8. The van der Waals surface area contributed by atoms with Gasteiger partial charge in [-0.3, -0.25) is 4.79 Å². The molecule has 1 aliphatic carbocycles. The molecule has 0 radical (unpaired) electrons. The highest BCUT2D eigenvalue weighted by atomic mass is 19.1. The maximum Gasteiger partial charge on any atom is 0.226 e. The Kier molecular flexibility index (Phi) is 4.00. The van der Waals surface area contributed by atoms with Crippen molar-refractivity contribution in [3.8, 4) is 0 Å². The van der Waals surface area contributed by atoms with E-state index in [-0.39, 0.29) is 17.1 Å². The molecule has 0 atom stereocenters. The van der Waals surface area contributed by atoms with Gasteiger partial charge in [0.1, 0.15) is 5.82 Å². The molecule has 0 spiro atoms. The van der Waals surface area contributed by atoms with Crippen molar-refractivity contribution in [3.05, 3.63) is 35.6 Å². The van der Waals surface area contributed by atoms with Gasteiger partial charge in [0.25, 0.3) is 0 Å². The van der Waals surface area contributed by atoms with Gasteiger partial charge in [-0.2, -0.15) is 0 Å². The van der Waals surface area contributed by atoms with Crippen LogP contribution in [-0.2, 0) is 11.2 Å². The molecular weight excluding hydrogens is 229 g/mol. The molecule has 0 heterocycles. The highest BCUT2D eigenvalue weighted by molar-refractivity contribution is 5.83. The number of rotatable bonds is 5. The first-order valence-electron chi connectivity index (χ1n) is 6.69. The van der Waals surface area contributed by atoms with Crippen molar-refractivity contribution in [1.82, 2.24) is 5.32 Å². The van der Waals surface area contributed by atoms with E-state index in [0.717, 1.165) is 31.2 Å². The smallest absolute Gasteiger partial charge is 0.226 e. The fraction of sp³-hybridized carbons (Fsp3) is 0.533. The van der Waals surface area contributed by atoms with Crippen LogP contribution >= 0.6 is 0 Å². The average Bonchev–Trinajstić information content (AvgIpc) is 2.31. The van der Waals surface area contributed by atoms with Crippen LogP contribution in [0.5, 0.6) is 0 Å². The maximum absolute atomic E-state index is 12.7. The van der Waals surface area contributed by atoms with E-state index in [4.69, 9.17) is 0 Å². The number of amides is 1. The van der Waals surface area contributed by atoms with Crippen molar-refractivity contribution in [2.75, 3.05) is 6.54 Å². The highest BCUT2D eigenvalue weighted by Crippen LogP contribution is 2.43. The van der Waals surface area contributed by atoms with Gasteiger partial charge in [-0.15, -0.1) is 0 Å². The van der Waals surface area contributed by atoms with Crippen molar-refractivity contribution in [2.24, 2.45) is 5.41 Å². The Morgan fingerprint density at radius 3 is 2.50 bits per heavy atom. The summed E-state index contributed by atoms with van der Waals surface area (Å²) in [4.78, 5) is 12.1. The molecule has 1 aliphatic rings. The lowest BCUT2D eigenvalue weighted by Crippen LogP contribution is -2.45. The molecule has 2 nitrogen and oxygen atoms in total. The molecule has 1 aromatic carbocycles. The van der Waals surface area contributed by atoms with Crippen molar-refractivity contribution in [1.29, 1.82) is 0 Å². The predicted molar refractivity (Wildman–Crippen MR) is 69.7 cm³/mol. The monoisotopic (exact) mass is 249 g/mol. The second kappa shape index (κ2) is 5.51. The van der Waals surface area contributed by atoms with E-state index in [1.54, 1.807) is 12.1 Å². The number of benzene rings is 1. The summed E-state index contributed by atoms with van der Waals surface area (Å²) in [5, 5.41) is 3.01. The van der Waals surface area contributed by atoms with Crippen LogP contribution in [0.25, 0.3) is 0 Å². The summed E-state index contributed by atoms with van der Waals surface area (Å²) in [6.45, 7) is 2.71. The number of carbonyl (C=O) groups is 1. The number of hydrogen-bond acceptors (Lipinski definition) is 1. The number of halogens is 1. The standard InChI is InChI=1S/C15H20FNO/c1-2-15(9-3-10-15)14(18)17-11-8-12-4-6-13(16)7-5-12/h4-7H,2-3,8-11H2,1H3,(H,17,18). The second-order valence-electron chi connectivity index (χ2n) is 5.12. The van der Waals surface area contributed by atoms with Crippen molar-refractivity contribution in [3.63, 3.8) is 0 Å². The van der Waals surface area contributed by atoms with E-state index < -0.39 is 0 Å². The molecule has 1 N–H and O–H groups in total. The van der Waals surface area contributed by atoms with Gasteiger partial charge in [0.15, 0.2) is 0 Å². The third kappa shape index (κ3) is 2.71. The lowest BCUT2D eigenvalue weighted by Gasteiger charge is -2.39. The minimum Gasteiger partial charge on any atom is -0.355 e. The SMILES string of the molecule is CCC1(C(=O)NCCc2ccc(F)cc2)CCC1. The first-order chi connectivity index (χ1) is 8.66. The van der Waals surface area contributed by atoms with Gasteiger partial charge in [0.2, 0.25) is 5.91 Å². The lowest BCUT2D eigenvalue weighted by atomic mass is 9.66. The van der Waals surface area contributed by atoms with Gasteiger partial charge in [-0.05, 0) is 43.4 Å². The molecule has 3 heteroatoms. The van der Waals surface area contributed by atoms with E-state index in [1.165, 1.54) is 18.6 Å². The van der Waals surface area contributed by atoms with Gasteiger partial charge in [-0.1, -0.05) is 25.5 Å². The number of hydrogen-bond donors (Lipinski definition) is 1. The minimum absolute atomic E-state index is 0.0944. The van der Waals surface area contributed by atoms with Crippen LogP contribution < -0.4 is 5.32 Å². The number of carbonyl (C=O) groups excluding carboxylic acids is 1. The van der Waals surface area contributed by atoms with Crippen LogP contribution in [0.2, 0.25) is 0 Å². The van der Waals surface area contributed by atoms with E-state index >= 15 is 0 Å². The summed E-state index contributed by atoms with van der Waals surface area (Å²) >= 11 is 0. The minimum atomic E-state index is -0.220. The molecular formula is C15H20FNO. The molecule has 1 amide bonds. The molecule has 18 heavy (non-hydrogen) atoms. The van der Waals surface area contributed by atoms with Gasteiger partial charge in [-0.25, -0.2) is 4.39 Å². The summed E-state index contributed by atoms with van der Waals surface area (Å²) in [5.41, 5.74) is 0.957. The Bertz CT molecular complexity index is 403. The molecule has 1 aromatic rings. The topological polar surface area (TPSA) is 29.1 Å². The van der Waals surface area contributed by atoms with Crippen molar-refractivity contribution < 1.29 is 9.18 Å². The zero-order valence-electron chi connectivity index (χ0n) is 10.8. The van der Waals surface area contributed by atoms with E-state index in [2.05, 4.69) is 12.2 Å². The molecule has 1 saturated carbocycles. The van der Waals surface area contributed by atoms with Crippen LogP contribution in [0.3, 0.4) is 0 Å². The molecule has 0 aliphatic heterocycles. The Morgan fingerprint density at radius 1 is 1.33 bits per heavy atom. The normalized spacial score (nSPS) is 17.0. The van der Waals surface area contributed by atoms with Crippen LogP contribution in [0.4, 0.5) is 4.39 Å². The van der Waals surface area contributed by atoms with Crippen molar-refractivity contribution >= 4 is 5.91 Å². The Morgan fingerprint density at radius 2 is 2.00 bits per heavy atom. The van der Waals surface area contributed by atoms with E-state index in [1.807, 2.05) is 0 Å². The van der Waals surface area contributed by atoms with Gasteiger partial charge in [0, 0.05) is 12.0 Å². The predicted octanol–water partition coefficient (Wildman–Crippen LogP) is 3.06. The first-order valence-corrected chi connectivity index (χ1v) is 6.69. The Labute approximate surface area is 108 Å². The molecule has 2 rings (SSSR count). The molecule has 0 bridgehead atoms. The van der Waals surface area contributed by atoms with Crippen LogP contribution in [0.15, 0.2) is 24.3 Å². The Balaban J connectivity index is 1.78. The molecule has 0 aromatic heterocycles. The van der Waals surface area contributed by atoms with Crippen LogP contribution in [-0.4, -0.2) is 12.5 Å². The van der Waals surface area contributed by atoms with Crippen LogP contribution in [0.1, 0.15) is 38.2 Å². The van der Waals surface area contributed by atoms with Crippen molar-refractivity contribution in [2.45, 2.75) is 39.0 Å². The molecule has 0 unspecified atom stereocenters. The largest absolute Gasteiger partial charge is 0.355 e. The number of nitrogens with one attached hydrogen (secondary N) is 1.